The van der Waals surface area contributed by atoms with Gasteiger partial charge in [-0.25, -0.2) is 4.98 Å². The van der Waals surface area contributed by atoms with Crippen LogP contribution in [0, 0.1) is 6.92 Å². The van der Waals surface area contributed by atoms with E-state index in [0.717, 1.165) is 54.9 Å². The van der Waals surface area contributed by atoms with Crippen LogP contribution in [0.25, 0.3) is 5.65 Å². The average molecular weight is 363 g/mol. The lowest BCUT2D eigenvalue weighted by Crippen LogP contribution is -2.35. The van der Waals surface area contributed by atoms with E-state index in [-0.39, 0.29) is 11.9 Å². The van der Waals surface area contributed by atoms with Gasteiger partial charge in [-0.3, -0.25) is 4.79 Å². The smallest absolute Gasteiger partial charge is 0.274 e. The molecule has 140 valence electrons. The number of nitrogens with zero attached hydrogens (tertiary/aromatic N) is 3. The molecule has 0 saturated carbocycles. The SMILES string of the molecule is COc1ccc([C@H]2CCCCCN2C(=O)c2cn3c(C)cccc3n2)cc1. The fourth-order valence-electron chi connectivity index (χ4n) is 3.92. The van der Waals surface area contributed by atoms with Gasteiger partial charge < -0.3 is 14.0 Å². The van der Waals surface area contributed by atoms with Crippen LogP contribution in [0.3, 0.4) is 0 Å². The highest BCUT2D eigenvalue weighted by Gasteiger charge is 2.29. The number of aryl methyl sites for hydroxylation is 1. The van der Waals surface area contributed by atoms with Crippen LogP contribution >= 0.6 is 0 Å². The minimum Gasteiger partial charge on any atom is -0.497 e. The van der Waals surface area contributed by atoms with Gasteiger partial charge >= 0.3 is 0 Å². The maximum atomic E-state index is 13.4. The van der Waals surface area contributed by atoms with Crippen LogP contribution < -0.4 is 4.74 Å². The lowest BCUT2D eigenvalue weighted by Gasteiger charge is -2.30. The van der Waals surface area contributed by atoms with Gasteiger partial charge in [-0.2, -0.15) is 0 Å². The maximum absolute atomic E-state index is 13.4. The number of ether oxygens (including phenoxy) is 1. The number of imidazole rings is 1. The molecule has 2 aromatic heterocycles. The Balaban J connectivity index is 1.68. The van der Waals surface area contributed by atoms with Crippen LogP contribution in [0.5, 0.6) is 5.75 Å². The van der Waals surface area contributed by atoms with Crippen molar-refractivity contribution in [3.8, 4) is 5.75 Å². The summed E-state index contributed by atoms with van der Waals surface area (Å²) in [7, 11) is 1.67. The second-order valence-electron chi connectivity index (χ2n) is 7.16. The monoisotopic (exact) mass is 363 g/mol. The molecule has 0 bridgehead atoms. The maximum Gasteiger partial charge on any atom is 0.274 e. The Labute approximate surface area is 159 Å². The predicted octanol–water partition coefficient (Wildman–Crippen LogP) is 4.41. The van der Waals surface area contributed by atoms with E-state index in [1.54, 1.807) is 7.11 Å². The summed E-state index contributed by atoms with van der Waals surface area (Å²) in [6.45, 7) is 2.79. The summed E-state index contributed by atoms with van der Waals surface area (Å²) in [5, 5.41) is 0. The zero-order chi connectivity index (χ0) is 18.8. The molecule has 1 fully saturated rings. The molecular weight excluding hydrogens is 338 g/mol. The zero-order valence-corrected chi connectivity index (χ0v) is 15.9. The van der Waals surface area contributed by atoms with Crippen molar-refractivity contribution in [1.29, 1.82) is 0 Å². The second kappa shape index (κ2) is 7.43. The number of pyridine rings is 1. The van der Waals surface area contributed by atoms with Crippen LogP contribution in [-0.4, -0.2) is 33.8 Å². The Bertz CT molecular complexity index is 946. The highest BCUT2D eigenvalue weighted by molar-refractivity contribution is 5.93. The number of carbonyl (C=O) groups is 1. The minimum atomic E-state index is 0.0146. The van der Waals surface area contributed by atoms with Crippen molar-refractivity contribution in [2.75, 3.05) is 13.7 Å². The molecule has 27 heavy (non-hydrogen) atoms. The van der Waals surface area contributed by atoms with Gasteiger partial charge in [0, 0.05) is 18.4 Å². The summed E-state index contributed by atoms with van der Waals surface area (Å²) in [6.07, 6.45) is 6.16. The largest absolute Gasteiger partial charge is 0.497 e. The molecule has 5 heteroatoms. The Kier molecular flexibility index (Phi) is 4.84. The van der Waals surface area contributed by atoms with Crippen LogP contribution in [0.1, 0.15) is 53.5 Å². The molecule has 3 heterocycles. The number of hydrogen-bond acceptors (Lipinski definition) is 3. The highest BCUT2D eigenvalue weighted by Crippen LogP contribution is 2.32. The molecule has 1 saturated heterocycles. The van der Waals surface area contributed by atoms with Crippen molar-refractivity contribution in [2.24, 2.45) is 0 Å². The molecule has 1 aromatic carbocycles. The number of aromatic nitrogens is 2. The second-order valence-corrected chi connectivity index (χ2v) is 7.16. The van der Waals surface area contributed by atoms with Crippen LogP contribution in [0.15, 0.2) is 48.7 Å². The number of hydrogen-bond donors (Lipinski definition) is 0. The van der Waals surface area contributed by atoms with Crippen LogP contribution in [-0.2, 0) is 0 Å². The van der Waals surface area contributed by atoms with Gasteiger partial charge in [0.25, 0.3) is 5.91 Å². The number of amides is 1. The highest BCUT2D eigenvalue weighted by atomic mass is 16.5. The van der Waals surface area contributed by atoms with Crippen molar-refractivity contribution in [1.82, 2.24) is 14.3 Å². The summed E-state index contributed by atoms with van der Waals surface area (Å²) >= 11 is 0. The average Bonchev–Trinajstić information content (AvgIpc) is 2.99. The van der Waals surface area contributed by atoms with E-state index in [1.165, 1.54) is 0 Å². The molecule has 0 radical (unpaired) electrons. The van der Waals surface area contributed by atoms with E-state index in [9.17, 15) is 4.79 Å². The van der Waals surface area contributed by atoms with E-state index >= 15 is 0 Å². The lowest BCUT2D eigenvalue weighted by molar-refractivity contribution is 0.0675. The Morgan fingerprint density at radius 3 is 2.67 bits per heavy atom. The van der Waals surface area contributed by atoms with E-state index in [0.29, 0.717) is 5.69 Å². The summed E-state index contributed by atoms with van der Waals surface area (Å²) in [4.78, 5) is 20.0. The molecule has 3 aromatic rings. The number of methoxy groups -OCH3 is 1. The number of fused-ring (bicyclic) bond motifs is 1. The third kappa shape index (κ3) is 3.42. The Morgan fingerprint density at radius 1 is 1.11 bits per heavy atom. The van der Waals surface area contributed by atoms with Gasteiger partial charge in [-0.05, 0) is 49.6 Å². The molecule has 1 amide bonds. The molecule has 0 spiro atoms. The molecule has 0 aliphatic carbocycles. The molecular formula is C22H25N3O2. The first-order valence-corrected chi connectivity index (χ1v) is 9.57. The fraction of sp³-hybridized carbons (Fsp3) is 0.364. The normalized spacial score (nSPS) is 17.7. The summed E-state index contributed by atoms with van der Waals surface area (Å²) < 4.78 is 7.26. The Hall–Kier alpha value is -2.82. The third-order valence-corrected chi connectivity index (χ3v) is 5.43. The molecule has 5 nitrogen and oxygen atoms in total. The fourth-order valence-corrected chi connectivity index (χ4v) is 3.92. The first kappa shape index (κ1) is 17.6. The van der Waals surface area contributed by atoms with E-state index in [2.05, 4.69) is 17.1 Å². The molecule has 0 unspecified atom stereocenters. The topological polar surface area (TPSA) is 46.8 Å². The summed E-state index contributed by atoms with van der Waals surface area (Å²) in [5.74, 6) is 0.849. The summed E-state index contributed by atoms with van der Waals surface area (Å²) in [6, 6.07) is 14.1. The lowest BCUT2D eigenvalue weighted by atomic mass is 10.0. The minimum absolute atomic E-state index is 0.0146. The number of likely N-dealkylation sites (tertiary alicyclic amines) is 1. The van der Waals surface area contributed by atoms with Gasteiger partial charge in [-0.1, -0.05) is 31.0 Å². The van der Waals surface area contributed by atoms with Crippen LogP contribution in [0.4, 0.5) is 0 Å². The number of carbonyl (C=O) groups excluding carboxylic acids is 1. The van der Waals surface area contributed by atoms with Crippen LogP contribution in [0.2, 0.25) is 0 Å². The first-order valence-electron chi connectivity index (χ1n) is 9.57. The molecule has 4 rings (SSSR count). The van der Waals surface area contributed by atoms with Crippen molar-refractivity contribution in [2.45, 2.75) is 38.6 Å². The molecule has 1 atom stereocenters. The predicted molar refractivity (Wildman–Crippen MR) is 105 cm³/mol. The van der Waals surface area contributed by atoms with Gasteiger partial charge in [-0.15, -0.1) is 0 Å². The van der Waals surface area contributed by atoms with Gasteiger partial charge in [0.15, 0.2) is 0 Å². The van der Waals surface area contributed by atoms with Crippen molar-refractivity contribution >= 4 is 11.6 Å². The van der Waals surface area contributed by atoms with E-state index in [4.69, 9.17) is 4.74 Å². The molecule has 1 aliphatic heterocycles. The van der Waals surface area contributed by atoms with Crippen molar-refractivity contribution in [3.05, 3.63) is 65.6 Å². The van der Waals surface area contributed by atoms with Crippen molar-refractivity contribution < 1.29 is 9.53 Å². The zero-order valence-electron chi connectivity index (χ0n) is 15.9. The molecule has 0 N–H and O–H groups in total. The number of rotatable bonds is 3. The van der Waals surface area contributed by atoms with E-state index in [1.807, 2.05) is 52.8 Å². The van der Waals surface area contributed by atoms with E-state index < -0.39 is 0 Å². The first-order chi connectivity index (χ1) is 13.2. The third-order valence-electron chi connectivity index (χ3n) is 5.43. The van der Waals surface area contributed by atoms with Gasteiger partial charge in [0.1, 0.15) is 17.1 Å². The van der Waals surface area contributed by atoms with Crippen molar-refractivity contribution in [3.63, 3.8) is 0 Å². The van der Waals surface area contributed by atoms with Gasteiger partial charge in [0.2, 0.25) is 0 Å². The number of benzene rings is 1. The quantitative estimate of drug-likeness (QED) is 0.692. The molecule has 1 aliphatic rings. The summed E-state index contributed by atoms with van der Waals surface area (Å²) in [5.41, 5.74) is 3.56. The standard InChI is InChI=1S/C22H25N3O2/c1-16-7-6-9-21-23-19(15-25(16)21)22(26)24-14-5-3-4-8-20(24)17-10-12-18(27-2)13-11-17/h6-7,9-13,15,20H,3-5,8,14H2,1-2H3/t20-/m1/s1. The Morgan fingerprint density at radius 2 is 1.93 bits per heavy atom. The van der Waals surface area contributed by atoms with Gasteiger partial charge in [0.05, 0.1) is 13.2 Å².